The van der Waals surface area contributed by atoms with E-state index in [0.29, 0.717) is 36.6 Å². The van der Waals surface area contributed by atoms with Crippen molar-refractivity contribution in [2.75, 3.05) is 33.2 Å². The van der Waals surface area contributed by atoms with Gasteiger partial charge in [0.2, 0.25) is 0 Å². The first-order valence-electron chi connectivity index (χ1n) is 10.1. The van der Waals surface area contributed by atoms with Crippen molar-refractivity contribution in [3.63, 3.8) is 0 Å². The highest BCUT2D eigenvalue weighted by Gasteiger charge is 2.24. The molecule has 1 aliphatic heterocycles. The summed E-state index contributed by atoms with van der Waals surface area (Å²) >= 11 is 0. The number of nitro groups is 1. The lowest BCUT2D eigenvalue weighted by Gasteiger charge is -2.32. The average Bonchev–Trinajstić information content (AvgIpc) is 2.80. The number of hydrogen-bond acceptors (Lipinski definition) is 6. The fourth-order valence-corrected chi connectivity index (χ4v) is 3.57. The quantitative estimate of drug-likeness (QED) is 0.468. The van der Waals surface area contributed by atoms with Gasteiger partial charge in [0.1, 0.15) is 0 Å². The van der Waals surface area contributed by atoms with Crippen molar-refractivity contribution in [2.45, 2.75) is 6.42 Å². The highest BCUT2D eigenvalue weighted by Crippen LogP contribution is 2.21. The lowest BCUT2D eigenvalue weighted by atomic mass is 10.0. The molecule has 3 aromatic rings. The van der Waals surface area contributed by atoms with Crippen LogP contribution >= 0.6 is 0 Å². The largest absolute Gasteiger partial charge is 0.336 e. The lowest BCUT2D eigenvalue weighted by Crippen LogP contribution is -2.47. The topological polar surface area (TPSA) is 92.5 Å². The second kappa shape index (κ2) is 9.01. The number of benzene rings is 2. The molecule has 1 saturated heterocycles. The number of rotatable bonds is 5. The van der Waals surface area contributed by atoms with Crippen LogP contribution in [0.4, 0.5) is 5.69 Å². The molecule has 1 fully saturated rings. The van der Waals surface area contributed by atoms with Gasteiger partial charge >= 0.3 is 0 Å². The van der Waals surface area contributed by atoms with Crippen molar-refractivity contribution in [1.82, 2.24) is 19.8 Å². The molecule has 2 aromatic carbocycles. The number of carbonyl (C=O) groups is 1. The fraction of sp³-hybridized carbons (Fsp3) is 0.261. The van der Waals surface area contributed by atoms with E-state index in [0.717, 1.165) is 24.2 Å². The number of nitrogens with zero attached hydrogens (tertiary/aromatic N) is 5. The molecule has 2 heterocycles. The molecule has 0 aliphatic carbocycles. The van der Waals surface area contributed by atoms with E-state index in [-0.39, 0.29) is 11.6 Å². The second-order valence-corrected chi connectivity index (χ2v) is 7.62. The lowest BCUT2D eigenvalue weighted by molar-refractivity contribution is -0.384. The molecular formula is C23H23N5O3. The smallest absolute Gasteiger partial charge is 0.269 e. The summed E-state index contributed by atoms with van der Waals surface area (Å²) in [4.78, 5) is 37.0. The molecular weight excluding hydrogens is 394 g/mol. The molecule has 8 nitrogen and oxygen atoms in total. The van der Waals surface area contributed by atoms with Crippen LogP contribution in [-0.4, -0.2) is 63.8 Å². The van der Waals surface area contributed by atoms with Gasteiger partial charge in [0.15, 0.2) is 5.82 Å². The molecule has 0 bridgehead atoms. The summed E-state index contributed by atoms with van der Waals surface area (Å²) < 4.78 is 0. The van der Waals surface area contributed by atoms with Crippen LogP contribution in [-0.2, 0) is 6.42 Å². The van der Waals surface area contributed by atoms with Crippen LogP contribution in [0, 0.1) is 10.1 Å². The highest BCUT2D eigenvalue weighted by atomic mass is 16.6. The Kier molecular flexibility index (Phi) is 5.99. The Hall–Kier alpha value is -3.65. The molecule has 1 amide bonds. The number of nitro benzene ring substituents is 1. The van der Waals surface area contributed by atoms with Crippen LogP contribution in [0.3, 0.4) is 0 Å². The SMILES string of the molecule is CN1CCN(C(=O)c2cnc(-c3ccccc3)nc2Cc2ccc([N+](=O)[O-])cc2)CC1. The van der Waals surface area contributed by atoms with Gasteiger partial charge in [-0.05, 0) is 12.6 Å². The van der Waals surface area contributed by atoms with E-state index in [2.05, 4.69) is 9.88 Å². The molecule has 1 aromatic heterocycles. The third-order valence-electron chi connectivity index (χ3n) is 5.44. The summed E-state index contributed by atoms with van der Waals surface area (Å²) in [7, 11) is 2.04. The third kappa shape index (κ3) is 4.75. The van der Waals surface area contributed by atoms with Crippen molar-refractivity contribution in [3.05, 3.63) is 87.7 Å². The van der Waals surface area contributed by atoms with E-state index < -0.39 is 4.92 Å². The standard InChI is InChI=1S/C23H23N5O3/c1-26-11-13-27(14-12-26)23(29)20-16-24-22(18-5-3-2-4-6-18)25-21(20)15-17-7-9-19(10-8-17)28(30)31/h2-10,16H,11-15H2,1H3. The number of amides is 1. The first kappa shape index (κ1) is 20.6. The number of carbonyl (C=O) groups excluding carboxylic acids is 1. The minimum absolute atomic E-state index is 0.0325. The van der Waals surface area contributed by atoms with Gasteiger partial charge in [-0.1, -0.05) is 42.5 Å². The van der Waals surface area contributed by atoms with E-state index in [1.807, 2.05) is 42.3 Å². The molecule has 0 radical (unpaired) electrons. The van der Waals surface area contributed by atoms with E-state index in [1.165, 1.54) is 12.1 Å². The number of piperazine rings is 1. The molecule has 0 atom stereocenters. The maximum Gasteiger partial charge on any atom is 0.269 e. The van der Waals surface area contributed by atoms with Gasteiger partial charge in [-0.25, -0.2) is 9.97 Å². The van der Waals surface area contributed by atoms with Gasteiger partial charge in [-0.2, -0.15) is 0 Å². The van der Waals surface area contributed by atoms with E-state index in [9.17, 15) is 14.9 Å². The van der Waals surface area contributed by atoms with Crippen LogP contribution in [0.15, 0.2) is 60.8 Å². The molecule has 0 spiro atoms. The summed E-state index contributed by atoms with van der Waals surface area (Å²) in [6.07, 6.45) is 1.99. The number of non-ortho nitro benzene ring substituents is 1. The Bertz CT molecular complexity index is 1080. The maximum atomic E-state index is 13.2. The van der Waals surface area contributed by atoms with Crippen molar-refractivity contribution >= 4 is 11.6 Å². The molecule has 158 valence electrons. The Morgan fingerprint density at radius 3 is 2.35 bits per heavy atom. The summed E-state index contributed by atoms with van der Waals surface area (Å²) in [5.41, 5.74) is 2.83. The molecule has 1 aliphatic rings. The highest BCUT2D eigenvalue weighted by molar-refractivity contribution is 5.95. The molecule has 4 rings (SSSR count). The van der Waals surface area contributed by atoms with Gasteiger partial charge in [0.25, 0.3) is 11.6 Å². The van der Waals surface area contributed by atoms with Gasteiger partial charge in [-0.15, -0.1) is 0 Å². The van der Waals surface area contributed by atoms with Crippen molar-refractivity contribution in [2.24, 2.45) is 0 Å². The zero-order chi connectivity index (χ0) is 21.8. The van der Waals surface area contributed by atoms with Crippen molar-refractivity contribution in [3.8, 4) is 11.4 Å². The van der Waals surface area contributed by atoms with Crippen LogP contribution < -0.4 is 0 Å². The normalized spacial score (nSPS) is 14.4. The summed E-state index contributed by atoms with van der Waals surface area (Å²) in [6.45, 7) is 2.97. The monoisotopic (exact) mass is 417 g/mol. The Morgan fingerprint density at radius 1 is 1.03 bits per heavy atom. The summed E-state index contributed by atoms with van der Waals surface area (Å²) in [5.74, 6) is 0.470. The van der Waals surface area contributed by atoms with Crippen LogP contribution in [0.25, 0.3) is 11.4 Å². The first-order chi connectivity index (χ1) is 15.0. The third-order valence-corrected chi connectivity index (χ3v) is 5.44. The van der Waals surface area contributed by atoms with Crippen LogP contribution in [0.1, 0.15) is 21.6 Å². The van der Waals surface area contributed by atoms with Gasteiger partial charge < -0.3 is 9.80 Å². The van der Waals surface area contributed by atoms with E-state index in [1.54, 1.807) is 18.3 Å². The Morgan fingerprint density at radius 2 is 1.71 bits per heavy atom. The van der Waals surface area contributed by atoms with E-state index >= 15 is 0 Å². The van der Waals surface area contributed by atoms with Crippen LogP contribution in [0.2, 0.25) is 0 Å². The molecule has 0 N–H and O–H groups in total. The van der Waals surface area contributed by atoms with Gasteiger partial charge in [0.05, 0.1) is 16.2 Å². The number of likely N-dealkylation sites (N-methyl/N-ethyl adjacent to an activating group) is 1. The molecule has 31 heavy (non-hydrogen) atoms. The van der Waals surface area contributed by atoms with Crippen molar-refractivity contribution in [1.29, 1.82) is 0 Å². The molecule has 0 unspecified atom stereocenters. The van der Waals surface area contributed by atoms with E-state index in [4.69, 9.17) is 4.98 Å². The first-order valence-corrected chi connectivity index (χ1v) is 10.1. The molecule has 0 saturated carbocycles. The Balaban J connectivity index is 1.68. The second-order valence-electron chi connectivity index (χ2n) is 7.62. The predicted octanol–water partition coefficient (Wildman–Crippen LogP) is 3.03. The van der Waals surface area contributed by atoms with Gasteiger partial charge in [-0.3, -0.25) is 14.9 Å². The fourth-order valence-electron chi connectivity index (χ4n) is 3.57. The number of hydrogen-bond donors (Lipinski definition) is 0. The summed E-state index contributed by atoms with van der Waals surface area (Å²) in [6, 6.07) is 15.9. The minimum Gasteiger partial charge on any atom is -0.336 e. The Labute approximate surface area is 180 Å². The van der Waals surface area contributed by atoms with Crippen molar-refractivity contribution < 1.29 is 9.72 Å². The maximum absolute atomic E-state index is 13.2. The van der Waals surface area contributed by atoms with Crippen LogP contribution in [0.5, 0.6) is 0 Å². The predicted molar refractivity (Wildman–Crippen MR) is 117 cm³/mol. The molecule has 8 heteroatoms. The zero-order valence-electron chi connectivity index (χ0n) is 17.3. The number of aromatic nitrogens is 2. The minimum atomic E-state index is -0.426. The average molecular weight is 417 g/mol. The summed E-state index contributed by atoms with van der Waals surface area (Å²) in [5, 5.41) is 10.9. The van der Waals surface area contributed by atoms with Gasteiger partial charge in [0, 0.05) is 56.5 Å². The zero-order valence-corrected chi connectivity index (χ0v) is 17.3.